The Balaban J connectivity index is 1.43. The predicted molar refractivity (Wildman–Crippen MR) is 136 cm³/mol. The lowest BCUT2D eigenvalue weighted by Crippen LogP contribution is -2.43. The Kier molecular flexibility index (Phi) is 6.90. The fourth-order valence-electron chi connectivity index (χ4n) is 5.04. The first-order chi connectivity index (χ1) is 17.8. The van der Waals surface area contributed by atoms with Crippen LogP contribution in [0.3, 0.4) is 0 Å². The van der Waals surface area contributed by atoms with Gasteiger partial charge in [-0.25, -0.2) is 9.18 Å². The summed E-state index contributed by atoms with van der Waals surface area (Å²) in [5.74, 6) is 0.391. The summed E-state index contributed by atoms with van der Waals surface area (Å²) in [6.07, 6.45) is 5.53. The zero-order valence-corrected chi connectivity index (χ0v) is 20.9. The van der Waals surface area contributed by atoms with Gasteiger partial charge in [0.2, 0.25) is 0 Å². The van der Waals surface area contributed by atoms with Crippen molar-refractivity contribution in [2.45, 2.75) is 57.5 Å². The molecule has 9 nitrogen and oxygen atoms in total. The van der Waals surface area contributed by atoms with Crippen molar-refractivity contribution in [1.82, 2.24) is 20.6 Å². The molecule has 0 atom stereocenters. The number of methoxy groups -OCH3 is 1. The van der Waals surface area contributed by atoms with Crippen molar-refractivity contribution in [3.05, 3.63) is 41.5 Å². The molecule has 0 spiro atoms. The summed E-state index contributed by atoms with van der Waals surface area (Å²) in [7, 11) is 1.42. The van der Waals surface area contributed by atoms with Gasteiger partial charge in [-0.3, -0.25) is 9.78 Å². The molecule has 2 amide bonds. The van der Waals surface area contributed by atoms with Crippen LogP contribution in [0.2, 0.25) is 0 Å². The van der Waals surface area contributed by atoms with Crippen LogP contribution in [0.25, 0.3) is 22.2 Å². The van der Waals surface area contributed by atoms with Crippen molar-refractivity contribution in [2.24, 2.45) is 5.92 Å². The number of hydrogen-bond acceptors (Lipinski definition) is 5. The number of rotatable bonds is 8. The van der Waals surface area contributed by atoms with E-state index < -0.39 is 11.9 Å². The van der Waals surface area contributed by atoms with Crippen molar-refractivity contribution >= 4 is 23.0 Å². The van der Waals surface area contributed by atoms with Gasteiger partial charge in [0.25, 0.3) is 5.91 Å². The molecule has 37 heavy (non-hydrogen) atoms. The van der Waals surface area contributed by atoms with E-state index >= 15 is 0 Å². The molecule has 0 radical (unpaired) electrons. The second kappa shape index (κ2) is 10.3. The number of carboxylic acid groups (broad SMARTS) is 1. The highest BCUT2D eigenvalue weighted by Gasteiger charge is 2.27. The number of ether oxygens (including phenoxy) is 2. The first kappa shape index (κ1) is 24.9. The van der Waals surface area contributed by atoms with E-state index in [-0.39, 0.29) is 23.7 Å². The van der Waals surface area contributed by atoms with E-state index in [4.69, 9.17) is 14.6 Å². The SMILES string of the molecule is COc1cc(OCC2CC2)c(-c2ccnc3c(C(=O)N[C@H]4CC[C@H](NC(=O)O)CC4)c(C)[nH]c23)cc1F. The van der Waals surface area contributed by atoms with Gasteiger partial charge in [-0.1, -0.05) is 0 Å². The monoisotopic (exact) mass is 510 g/mol. The highest BCUT2D eigenvalue weighted by Crippen LogP contribution is 2.40. The highest BCUT2D eigenvalue weighted by atomic mass is 19.1. The van der Waals surface area contributed by atoms with E-state index in [0.717, 1.165) is 12.8 Å². The molecular weight excluding hydrogens is 479 g/mol. The summed E-state index contributed by atoms with van der Waals surface area (Å²) in [4.78, 5) is 32.0. The molecule has 2 aromatic heterocycles. The number of H-pyrrole nitrogens is 1. The van der Waals surface area contributed by atoms with Gasteiger partial charge in [0, 0.05) is 41.2 Å². The predicted octanol–water partition coefficient (Wildman–Crippen LogP) is 4.78. The summed E-state index contributed by atoms with van der Waals surface area (Å²) in [6.45, 7) is 2.37. The van der Waals surface area contributed by atoms with E-state index in [0.29, 0.717) is 77.4 Å². The third kappa shape index (κ3) is 5.33. The van der Waals surface area contributed by atoms with E-state index in [1.165, 1.54) is 13.2 Å². The van der Waals surface area contributed by atoms with Gasteiger partial charge in [0.05, 0.1) is 24.8 Å². The minimum Gasteiger partial charge on any atom is -0.494 e. The Hall–Kier alpha value is -3.82. The summed E-state index contributed by atoms with van der Waals surface area (Å²) < 4.78 is 26.0. The van der Waals surface area contributed by atoms with Gasteiger partial charge in [0.15, 0.2) is 11.6 Å². The van der Waals surface area contributed by atoms with Crippen LogP contribution in [0, 0.1) is 18.7 Å². The number of aryl methyl sites for hydroxylation is 1. The first-order valence-electron chi connectivity index (χ1n) is 12.6. The fraction of sp³-hybridized carbons (Fsp3) is 0.444. The van der Waals surface area contributed by atoms with Crippen LogP contribution >= 0.6 is 0 Å². The van der Waals surface area contributed by atoms with Crippen LogP contribution in [-0.4, -0.2) is 52.9 Å². The van der Waals surface area contributed by atoms with Crippen LogP contribution in [-0.2, 0) is 0 Å². The Morgan fingerprint density at radius 3 is 2.43 bits per heavy atom. The van der Waals surface area contributed by atoms with Crippen LogP contribution in [0.1, 0.15) is 54.6 Å². The number of carbonyl (C=O) groups is 2. The van der Waals surface area contributed by atoms with Crippen molar-refractivity contribution in [1.29, 1.82) is 0 Å². The van der Waals surface area contributed by atoms with Crippen LogP contribution in [0.15, 0.2) is 24.4 Å². The number of nitrogens with one attached hydrogen (secondary N) is 3. The third-order valence-corrected chi connectivity index (χ3v) is 7.21. The summed E-state index contributed by atoms with van der Waals surface area (Å²) in [5.41, 5.74) is 3.46. The molecule has 1 aromatic carbocycles. The topological polar surface area (TPSA) is 126 Å². The largest absolute Gasteiger partial charge is 0.494 e. The molecule has 2 aliphatic rings. The van der Waals surface area contributed by atoms with E-state index in [1.807, 2.05) is 6.92 Å². The maximum absolute atomic E-state index is 14.8. The number of amides is 2. The normalized spacial score (nSPS) is 19.4. The minimum absolute atomic E-state index is 0.0509. The fourth-order valence-corrected chi connectivity index (χ4v) is 5.04. The number of halogens is 1. The van der Waals surface area contributed by atoms with E-state index in [2.05, 4.69) is 20.6 Å². The molecule has 4 N–H and O–H groups in total. The number of pyridine rings is 1. The van der Waals surface area contributed by atoms with Gasteiger partial charge >= 0.3 is 6.09 Å². The molecule has 0 bridgehead atoms. The standard InChI is InChI=1S/C27H31FN4O5/c1-14-23(26(33)31-16-5-7-17(8-6-16)32-27(34)35)25-24(30-14)18(9-10-29-25)19-11-20(28)22(36-2)12-21(19)37-13-15-3-4-15/h9-12,15-17,30,32H,3-8,13H2,1-2H3,(H,31,33)(H,34,35)/t16-,17-. The maximum Gasteiger partial charge on any atom is 0.404 e. The number of benzene rings is 1. The number of aromatic amines is 1. The lowest BCUT2D eigenvalue weighted by molar-refractivity contribution is 0.0924. The molecule has 2 saturated carbocycles. The first-order valence-corrected chi connectivity index (χ1v) is 12.6. The van der Waals surface area contributed by atoms with Crippen molar-refractivity contribution in [2.75, 3.05) is 13.7 Å². The quantitative estimate of drug-likeness (QED) is 0.346. The smallest absolute Gasteiger partial charge is 0.404 e. The molecule has 0 unspecified atom stereocenters. The number of aromatic nitrogens is 2. The summed E-state index contributed by atoms with van der Waals surface area (Å²) >= 11 is 0. The average Bonchev–Trinajstić information content (AvgIpc) is 3.63. The molecule has 10 heteroatoms. The molecule has 2 fully saturated rings. The Morgan fingerprint density at radius 2 is 1.78 bits per heavy atom. The van der Waals surface area contributed by atoms with Crippen molar-refractivity contribution in [3.63, 3.8) is 0 Å². The van der Waals surface area contributed by atoms with Crippen molar-refractivity contribution < 1.29 is 28.6 Å². The highest BCUT2D eigenvalue weighted by molar-refractivity contribution is 6.09. The summed E-state index contributed by atoms with van der Waals surface area (Å²) in [6, 6.07) is 4.60. The van der Waals surface area contributed by atoms with Gasteiger partial charge in [-0.2, -0.15) is 0 Å². The summed E-state index contributed by atoms with van der Waals surface area (Å²) in [5, 5.41) is 14.5. The van der Waals surface area contributed by atoms with E-state index in [1.54, 1.807) is 18.3 Å². The van der Waals surface area contributed by atoms with Crippen molar-refractivity contribution in [3.8, 4) is 22.6 Å². The van der Waals surface area contributed by atoms with Crippen LogP contribution < -0.4 is 20.1 Å². The molecule has 0 aliphatic heterocycles. The second-order valence-corrected chi connectivity index (χ2v) is 9.92. The molecule has 0 saturated heterocycles. The molecule has 5 rings (SSSR count). The zero-order chi connectivity index (χ0) is 26.1. The lowest BCUT2D eigenvalue weighted by atomic mass is 9.91. The second-order valence-electron chi connectivity index (χ2n) is 9.92. The van der Waals surface area contributed by atoms with Crippen LogP contribution in [0.5, 0.6) is 11.5 Å². The van der Waals surface area contributed by atoms with Gasteiger partial charge in [-0.05, 0) is 63.5 Å². The number of fused-ring (bicyclic) bond motifs is 1. The maximum atomic E-state index is 14.8. The van der Waals surface area contributed by atoms with E-state index in [9.17, 15) is 14.0 Å². The molecule has 2 aliphatic carbocycles. The molecule has 196 valence electrons. The minimum atomic E-state index is -1.03. The van der Waals surface area contributed by atoms with Crippen LogP contribution in [0.4, 0.5) is 9.18 Å². The Labute approximate surface area is 213 Å². The number of hydrogen-bond donors (Lipinski definition) is 4. The molecule has 3 aromatic rings. The Morgan fingerprint density at radius 1 is 1.08 bits per heavy atom. The van der Waals surface area contributed by atoms with Gasteiger partial charge in [-0.15, -0.1) is 0 Å². The average molecular weight is 511 g/mol. The van der Waals surface area contributed by atoms with Gasteiger partial charge < -0.3 is 30.2 Å². The zero-order valence-electron chi connectivity index (χ0n) is 20.9. The lowest BCUT2D eigenvalue weighted by Gasteiger charge is -2.28. The van der Waals surface area contributed by atoms with Gasteiger partial charge in [0.1, 0.15) is 11.3 Å². The number of carbonyl (C=O) groups excluding carboxylic acids is 1. The number of nitrogens with zero attached hydrogens (tertiary/aromatic N) is 1. The molecular formula is C27H31FN4O5. The molecule has 2 heterocycles. The Bertz CT molecular complexity index is 1330. The third-order valence-electron chi connectivity index (χ3n) is 7.21.